The summed E-state index contributed by atoms with van der Waals surface area (Å²) in [6, 6.07) is 14.1. The molecule has 82 valence electrons. The summed E-state index contributed by atoms with van der Waals surface area (Å²) in [7, 11) is 0. The van der Waals surface area contributed by atoms with E-state index in [0.717, 1.165) is 21.6 Å². The molecule has 0 saturated carbocycles. The Kier molecular flexibility index (Phi) is 1.82. The average molecular weight is 259 g/mol. The fraction of sp³-hybridized carbons (Fsp3) is 0. The number of furan rings is 1. The Labute approximate surface area is 106 Å². The predicted molar refractivity (Wildman–Crippen MR) is 74.1 cm³/mol. The number of rotatable bonds is 0. The highest BCUT2D eigenvalue weighted by atomic mass is 35.5. The molecule has 0 N–H and O–H groups in total. The van der Waals surface area contributed by atoms with Gasteiger partial charge < -0.3 is 4.42 Å². The molecule has 4 aromatic rings. The van der Waals surface area contributed by atoms with Gasteiger partial charge in [-0.2, -0.15) is 0 Å². The summed E-state index contributed by atoms with van der Waals surface area (Å²) in [5, 5.41) is 3.03. The Morgan fingerprint density at radius 2 is 1.88 bits per heavy atom. The largest absolute Gasteiger partial charge is 0.454 e. The van der Waals surface area contributed by atoms with Crippen LogP contribution in [0.2, 0.25) is 5.02 Å². The zero-order chi connectivity index (χ0) is 11.4. The minimum absolute atomic E-state index is 0.748. The summed E-state index contributed by atoms with van der Waals surface area (Å²) >= 11 is 7.79. The van der Waals surface area contributed by atoms with Gasteiger partial charge in [-0.1, -0.05) is 23.7 Å². The first-order valence-electron chi connectivity index (χ1n) is 5.32. The minimum Gasteiger partial charge on any atom is -0.454 e. The molecular formula is C14H7ClOS. The third-order valence-corrected chi connectivity index (χ3v) is 4.37. The van der Waals surface area contributed by atoms with Crippen LogP contribution in [0.15, 0.2) is 46.9 Å². The van der Waals surface area contributed by atoms with Crippen LogP contribution >= 0.6 is 22.9 Å². The van der Waals surface area contributed by atoms with Crippen LogP contribution in [0.5, 0.6) is 0 Å². The number of hydrogen-bond acceptors (Lipinski definition) is 2. The van der Waals surface area contributed by atoms with E-state index in [2.05, 4.69) is 12.1 Å². The van der Waals surface area contributed by atoms with Crippen molar-refractivity contribution < 1.29 is 4.42 Å². The molecule has 0 unspecified atom stereocenters. The first kappa shape index (κ1) is 9.51. The molecular weight excluding hydrogens is 252 g/mol. The molecule has 17 heavy (non-hydrogen) atoms. The van der Waals surface area contributed by atoms with Crippen LogP contribution in [0.3, 0.4) is 0 Å². The van der Waals surface area contributed by atoms with Gasteiger partial charge in [0.05, 0.1) is 4.70 Å². The van der Waals surface area contributed by atoms with Crippen LogP contribution in [-0.4, -0.2) is 0 Å². The second-order valence-corrected chi connectivity index (χ2v) is 5.49. The molecule has 0 saturated heterocycles. The molecule has 0 fully saturated rings. The lowest BCUT2D eigenvalue weighted by Crippen LogP contribution is -1.64. The standard InChI is InChI=1S/C14H7ClOS/c15-8-5-6-11-10(7-8)14-13(16-11)9-3-1-2-4-12(9)17-14/h1-7H. The van der Waals surface area contributed by atoms with Crippen molar-refractivity contribution in [2.45, 2.75) is 0 Å². The van der Waals surface area contributed by atoms with Crippen molar-refractivity contribution in [3.8, 4) is 0 Å². The van der Waals surface area contributed by atoms with Crippen LogP contribution in [0.4, 0.5) is 0 Å². The molecule has 0 bridgehead atoms. The molecule has 0 aliphatic rings. The minimum atomic E-state index is 0.748. The second kappa shape index (κ2) is 3.25. The van der Waals surface area contributed by atoms with Crippen molar-refractivity contribution >= 4 is 54.3 Å². The predicted octanol–water partition coefficient (Wildman–Crippen LogP) is 5.45. The Hall–Kier alpha value is -1.51. The molecule has 0 spiro atoms. The molecule has 0 atom stereocenters. The molecule has 1 nitrogen and oxygen atoms in total. The molecule has 2 aromatic carbocycles. The van der Waals surface area contributed by atoms with Crippen molar-refractivity contribution in [2.75, 3.05) is 0 Å². The Morgan fingerprint density at radius 3 is 2.82 bits per heavy atom. The summed E-state index contributed by atoms with van der Waals surface area (Å²) in [6.45, 7) is 0. The Morgan fingerprint density at radius 1 is 1.00 bits per heavy atom. The van der Waals surface area contributed by atoms with Crippen LogP contribution < -0.4 is 0 Å². The van der Waals surface area contributed by atoms with Gasteiger partial charge in [-0.25, -0.2) is 0 Å². The maximum absolute atomic E-state index is 6.04. The van der Waals surface area contributed by atoms with Gasteiger partial charge in [0.1, 0.15) is 5.58 Å². The first-order valence-corrected chi connectivity index (χ1v) is 6.52. The molecule has 3 heteroatoms. The second-order valence-electron chi connectivity index (χ2n) is 4.00. The van der Waals surface area contributed by atoms with Gasteiger partial charge in [-0.3, -0.25) is 0 Å². The number of benzene rings is 2. The summed E-state index contributed by atoms with van der Waals surface area (Å²) in [4.78, 5) is 0. The molecule has 2 aromatic heterocycles. The number of hydrogen-bond donors (Lipinski definition) is 0. The van der Waals surface area contributed by atoms with Gasteiger partial charge in [0.25, 0.3) is 0 Å². The van der Waals surface area contributed by atoms with E-state index in [0.29, 0.717) is 0 Å². The van der Waals surface area contributed by atoms with Crippen molar-refractivity contribution in [1.29, 1.82) is 0 Å². The van der Waals surface area contributed by atoms with Crippen LogP contribution in [0, 0.1) is 0 Å². The SMILES string of the molecule is Clc1ccc2oc3c4ccccc4sc3c2c1. The van der Waals surface area contributed by atoms with Gasteiger partial charge in [0, 0.05) is 20.5 Å². The van der Waals surface area contributed by atoms with Crippen molar-refractivity contribution in [3.63, 3.8) is 0 Å². The molecule has 2 heterocycles. The van der Waals surface area contributed by atoms with E-state index in [1.165, 1.54) is 14.8 Å². The van der Waals surface area contributed by atoms with E-state index in [1.54, 1.807) is 11.3 Å². The lowest BCUT2D eigenvalue weighted by atomic mass is 10.2. The van der Waals surface area contributed by atoms with Gasteiger partial charge in [0.2, 0.25) is 0 Å². The topological polar surface area (TPSA) is 13.1 Å². The summed E-state index contributed by atoms with van der Waals surface area (Å²) in [5.74, 6) is 0. The van der Waals surface area contributed by atoms with Crippen LogP contribution in [-0.2, 0) is 0 Å². The lowest BCUT2D eigenvalue weighted by Gasteiger charge is -1.90. The highest BCUT2D eigenvalue weighted by Crippen LogP contribution is 2.40. The maximum Gasteiger partial charge on any atom is 0.154 e. The fourth-order valence-electron chi connectivity index (χ4n) is 2.18. The average Bonchev–Trinajstić information content (AvgIpc) is 2.85. The number of halogens is 1. The summed E-state index contributed by atoms with van der Waals surface area (Å²) in [6.07, 6.45) is 0. The van der Waals surface area contributed by atoms with Gasteiger partial charge in [-0.15, -0.1) is 11.3 Å². The van der Waals surface area contributed by atoms with Crippen molar-refractivity contribution in [1.82, 2.24) is 0 Å². The zero-order valence-electron chi connectivity index (χ0n) is 8.74. The third-order valence-electron chi connectivity index (χ3n) is 2.95. The Bertz CT molecular complexity index is 856. The normalized spacial score (nSPS) is 11.8. The van der Waals surface area contributed by atoms with Gasteiger partial charge >= 0.3 is 0 Å². The first-order chi connectivity index (χ1) is 8.33. The molecule has 0 aliphatic carbocycles. The van der Waals surface area contributed by atoms with Crippen LogP contribution in [0.1, 0.15) is 0 Å². The number of thiophene rings is 1. The van der Waals surface area contributed by atoms with Gasteiger partial charge in [-0.05, 0) is 30.3 Å². The van der Waals surface area contributed by atoms with E-state index in [4.69, 9.17) is 16.0 Å². The van der Waals surface area contributed by atoms with Crippen molar-refractivity contribution in [3.05, 3.63) is 47.5 Å². The monoisotopic (exact) mass is 258 g/mol. The fourth-order valence-corrected chi connectivity index (χ4v) is 3.50. The van der Waals surface area contributed by atoms with E-state index in [-0.39, 0.29) is 0 Å². The zero-order valence-corrected chi connectivity index (χ0v) is 10.3. The lowest BCUT2D eigenvalue weighted by molar-refractivity contribution is 0.673. The van der Waals surface area contributed by atoms with E-state index >= 15 is 0 Å². The van der Waals surface area contributed by atoms with E-state index in [1.807, 2.05) is 30.3 Å². The van der Waals surface area contributed by atoms with Crippen molar-refractivity contribution in [2.24, 2.45) is 0 Å². The summed E-state index contributed by atoms with van der Waals surface area (Å²) in [5.41, 5.74) is 1.88. The smallest absolute Gasteiger partial charge is 0.154 e. The third kappa shape index (κ3) is 1.25. The summed E-state index contributed by atoms with van der Waals surface area (Å²) < 4.78 is 8.35. The van der Waals surface area contributed by atoms with E-state index in [9.17, 15) is 0 Å². The van der Waals surface area contributed by atoms with E-state index < -0.39 is 0 Å². The molecule has 4 rings (SSSR count). The number of fused-ring (bicyclic) bond motifs is 5. The molecule has 0 radical (unpaired) electrons. The highest BCUT2D eigenvalue weighted by molar-refractivity contribution is 7.26. The molecule has 0 aliphatic heterocycles. The van der Waals surface area contributed by atoms with Crippen LogP contribution in [0.25, 0.3) is 31.3 Å². The van der Waals surface area contributed by atoms with Gasteiger partial charge in [0.15, 0.2) is 5.58 Å². The Balaban J connectivity index is 2.30. The molecule has 0 amide bonds. The maximum atomic E-state index is 6.04. The quantitative estimate of drug-likeness (QED) is 0.408. The highest BCUT2D eigenvalue weighted by Gasteiger charge is 2.13.